The van der Waals surface area contributed by atoms with E-state index in [1.807, 2.05) is 18.8 Å². The van der Waals surface area contributed by atoms with Gasteiger partial charge in [-0.2, -0.15) is 23.5 Å². The van der Waals surface area contributed by atoms with Gasteiger partial charge < -0.3 is 10.2 Å². The number of nitrogens with one attached hydrogen (secondary N) is 1. The number of unbranched alkanes of at least 4 members (excludes halogenated alkanes) is 1. The number of hydrogen-bond donors (Lipinski definition) is 1. The molecule has 0 atom stereocenters. The van der Waals surface area contributed by atoms with Crippen molar-refractivity contribution in [3.05, 3.63) is 0 Å². The van der Waals surface area contributed by atoms with Gasteiger partial charge in [-0.05, 0) is 38.7 Å². The van der Waals surface area contributed by atoms with Crippen LogP contribution in [0.5, 0.6) is 0 Å². The smallest absolute Gasteiger partial charge is 0.193 e. The first-order chi connectivity index (χ1) is 8.59. The van der Waals surface area contributed by atoms with E-state index in [2.05, 4.69) is 47.1 Å². The van der Waals surface area contributed by atoms with E-state index in [0.29, 0.717) is 4.75 Å². The molecule has 0 amide bonds. The lowest BCUT2D eigenvalue weighted by Crippen LogP contribution is -2.51. The van der Waals surface area contributed by atoms with Gasteiger partial charge in [0.25, 0.3) is 0 Å². The summed E-state index contributed by atoms with van der Waals surface area (Å²) in [7, 11) is 1.89. The SMILES string of the molecule is CN=C(NCCCCSC)N1CCSC(C)(C)C1.I. The fourth-order valence-corrected chi connectivity index (χ4v) is 3.71. The molecular formula is C13H28IN3S2. The molecule has 1 heterocycles. The number of nitrogens with zero attached hydrogens (tertiary/aromatic N) is 2. The molecule has 0 saturated carbocycles. The normalized spacial score (nSPS) is 18.9. The van der Waals surface area contributed by atoms with Gasteiger partial charge in [-0.25, -0.2) is 0 Å². The summed E-state index contributed by atoms with van der Waals surface area (Å²) in [5, 5.41) is 3.49. The highest BCUT2D eigenvalue weighted by Crippen LogP contribution is 2.29. The Morgan fingerprint density at radius 2 is 2.16 bits per heavy atom. The van der Waals surface area contributed by atoms with Crippen LogP contribution in [0.4, 0.5) is 0 Å². The molecule has 3 nitrogen and oxygen atoms in total. The molecule has 19 heavy (non-hydrogen) atoms. The van der Waals surface area contributed by atoms with Gasteiger partial charge >= 0.3 is 0 Å². The van der Waals surface area contributed by atoms with Gasteiger partial charge in [0, 0.05) is 37.2 Å². The Kier molecular flexibility index (Phi) is 10.8. The number of guanidine groups is 1. The van der Waals surface area contributed by atoms with Gasteiger partial charge in [0.15, 0.2) is 5.96 Å². The monoisotopic (exact) mass is 417 g/mol. The highest BCUT2D eigenvalue weighted by molar-refractivity contribution is 14.0. The van der Waals surface area contributed by atoms with Crippen LogP contribution in [0.15, 0.2) is 4.99 Å². The third-order valence-corrected chi connectivity index (χ3v) is 4.99. The molecular weight excluding hydrogens is 389 g/mol. The third kappa shape index (κ3) is 7.90. The first kappa shape index (κ1) is 19.7. The predicted molar refractivity (Wildman–Crippen MR) is 103 cm³/mol. The lowest BCUT2D eigenvalue weighted by Gasteiger charge is -2.39. The van der Waals surface area contributed by atoms with Crippen molar-refractivity contribution in [3.63, 3.8) is 0 Å². The van der Waals surface area contributed by atoms with Crippen molar-refractivity contribution < 1.29 is 0 Å². The predicted octanol–water partition coefficient (Wildman–Crippen LogP) is 3.15. The molecule has 0 radical (unpaired) electrons. The van der Waals surface area contributed by atoms with Crippen LogP contribution in [0.2, 0.25) is 0 Å². The standard InChI is InChI=1S/C13H27N3S2.HI/c1-13(2)11-16(8-10-18-13)12(14-3)15-7-5-6-9-17-4;/h5-11H2,1-4H3,(H,14,15);1H. The van der Waals surface area contributed by atoms with Gasteiger partial charge in [-0.15, -0.1) is 24.0 Å². The quantitative estimate of drug-likeness (QED) is 0.322. The third-order valence-electron chi connectivity index (χ3n) is 3.00. The molecule has 0 aromatic carbocycles. The van der Waals surface area contributed by atoms with Crippen LogP contribution >= 0.6 is 47.5 Å². The summed E-state index contributed by atoms with van der Waals surface area (Å²) in [6, 6.07) is 0. The minimum Gasteiger partial charge on any atom is -0.356 e. The lowest BCUT2D eigenvalue weighted by molar-refractivity contribution is 0.375. The molecule has 0 aromatic rings. The highest BCUT2D eigenvalue weighted by atomic mass is 127. The average molecular weight is 417 g/mol. The Labute approximate surface area is 144 Å². The molecule has 1 saturated heterocycles. The Balaban J connectivity index is 0.00000324. The molecule has 114 valence electrons. The van der Waals surface area contributed by atoms with E-state index in [9.17, 15) is 0 Å². The number of halogens is 1. The molecule has 1 aliphatic rings. The van der Waals surface area contributed by atoms with Gasteiger partial charge in [0.2, 0.25) is 0 Å². The second-order valence-corrected chi connectivity index (χ2v) is 7.99. The Hall–Kier alpha value is 0.700. The molecule has 6 heteroatoms. The van der Waals surface area contributed by atoms with Crippen LogP contribution in [0.25, 0.3) is 0 Å². The molecule has 1 N–H and O–H groups in total. The van der Waals surface area contributed by atoms with E-state index < -0.39 is 0 Å². The molecule has 1 fully saturated rings. The maximum atomic E-state index is 4.41. The minimum atomic E-state index is 0. The summed E-state index contributed by atoms with van der Waals surface area (Å²) in [6.45, 7) is 7.86. The van der Waals surface area contributed by atoms with E-state index in [-0.39, 0.29) is 24.0 Å². The van der Waals surface area contributed by atoms with Crippen molar-refractivity contribution in [2.75, 3.05) is 44.4 Å². The lowest BCUT2D eigenvalue weighted by atomic mass is 10.2. The van der Waals surface area contributed by atoms with E-state index >= 15 is 0 Å². The fraction of sp³-hybridized carbons (Fsp3) is 0.923. The largest absolute Gasteiger partial charge is 0.356 e. The van der Waals surface area contributed by atoms with Gasteiger partial charge in [0.05, 0.1) is 0 Å². The van der Waals surface area contributed by atoms with Crippen molar-refractivity contribution in [1.29, 1.82) is 0 Å². The summed E-state index contributed by atoms with van der Waals surface area (Å²) in [6.07, 6.45) is 4.68. The number of rotatable bonds is 5. The van der Waals surface area contributed by atoms with E-state index in [1.165, 1.54) is 24.3 Å². The van der Waals surface area contributed by atoms with Crippen LogP contribution in [-0.2, 0) is 0 Å². The van der Waals surface area contributed by atoms with Crippen LogP contribution < -0.4 is 5.32 Å². The number of aliphatic imine (C=N–C) groups is 1. The number of thioether (sulfide) groups is 2. The summed E-state index contributed by atoms with van der Waals surface area (Å²) < 4.78 is 0.342. The molecule has 1 rings (SSSR count). The van der Waals surface area contributed by atoms with E-state index in [0.717, 1.165) is 25.6 Å². The molecule has 0 bridgehead atoms. The first-order valence-corrected chi connectivity index (χ1v) is 9.05. The summed E-state index contributed by atoms with van der Waals surface area (Å²) in [4.78, 5) is 6.81. The van der Waals surface area contributed by atoms with Crippen LogP contribution in [0, 0.1) is 0 Å². The zero-order valence-corrected chi connectivity index (χ0v) is 16.5. The van der Waals surface area contributed by atoms with Crippen molar-refractivity contribution in [3.8, 4) is 0 Å². The topological polar surface area (TPSA) is 27.6 Å². The van der Waals surface area contributed by atoms with Crippen molar-refractivity contribution in [2.45, 2.75) is 31.4 Å². The van der Waals surface area contributed by atoms with Crippen LogP contribution in [0.1, 0.15) is 26.7 Å². The Morgan fingerprint density at radius 3 is 2.74 bits per heavy atom. The highest BCUT2D eigenvalue weighted by Gasteiger charge is 2.28. The maximum Gasteiger partial charge on any atom is 0.193 e. The van der Waals surface area contributed by atoms with E-state index in [1.54, 1.807) is 0 Å². The fourth-order valence-electron chi connectivity index (χ4n) is 2.10. The first-order valence-electron chi connectivity index (χ1n) is 6.67. The van der Waals surface area contributed by atoms with E-state index in [4.69, 9.17) is 0 Å². The zero-order chi connectivity index (χ0) is 13.4. The number of hydrogen-bond acceptors (Lipinski definition) is 3. The van der Waals surface area contributed by atoms with Crippen molar-refractivity contribution >= 4 is 53.5 Å². The summed E-state index contributed by atoms with van der Waals surface area (Å²) in [5.74, 6) is 3.53. The minimum absolute atomic E-state index is 0. The van der Waals surface area contributed by atoms with Gasteiger partial charge in [-0.3, -0.25) is 4.99 Å². The molecule has 1 aliphatic heterocycles. The summed E-state index contributed by atoms with van der Waals surface area (Å²) in [5.41, 5.74) is 0. The zero-order valence-electron chi connectivity index (χ0n) is 12.6. The van der Waals surface area contributed by atoms with Gasteiger partial charge in [-0.1, -0.05) is 0 Å². The van der Waals surface area contributed by atoms with Gasteiger partial charge in [0.1, 0.15) is 0 Å². The Morgan fingerprint density at radius 1 is 1.42 bits per heavy atom. The van der Waals surface area contributed by atoms with Crippen molar-refractivity contribution in [1.82, 2.24) is 10.2 Å². The van der Waals surface area contributed by atoms with Crippen LogP contribution in [-0.4, -0.2) is 60.0 Å². The Bertz CT molecular complexity index is 273. The molecule has 0 spiro atoms. The van der Waals surface area contributed by atoms with Crippen LogP contribution in [0.3, 0.4) is 0 Å². The molecule has 0 unspecified atom stereocenters. The molecule has 0 aliphatic carbocycles. The van der Waals surface area contributed by atoms with Crippen molar-refractivity contribution in [2.24, 2.45) is 4.99 Å². The second-order valence-electron chi connectivity index (χ2n) is 5.20. The average Bonchev–Trinajstić information content (AvgIpc) is 2.32. The summed E-state index contributed by atoms with van der Waals surface area (Å²) >= 11 is 3.98. The second kappa shape index (κ2) is 10.4. The maximum absolute atomic E-state index is 4.41. The molecule has 0 aromatic heterocycles.